The van der Waals surface area contributed by atoms with E-state index in [-0.39, 0.29) is 0 Å². The van der Waals surface area contributed by atoms with Gasteiger partial charge in [0.25, 0.3) is 0 Å². The van der Waals surface area contributed by atoms with E-state index in [1.54, 1.807) is 0 Å². The van der Waals surface area contributed by atoms with Crippen molar-refractivity contribution in [1.29, 1.82) is 0 Å². The predicted molar refractivity (Wildman–Crippen MR) is 81.7 cm³/mol. The third kappa shape index (κ3) is 3.23. The van der Waals surface area contributed by atoms with Gasteiger partial charge < -0.3 is 9.88 Å². The molecule has 1 saturated carbocycles. The molecule has 1 aromatic heterocycles. The van der Waals surface area contributed by atoms with Gasteiger partial charge in [-0.1, -0.05) is 0 Å². The normalized spacial score (nSPS) is 22.4. The lowest BCUT2D eigenvalue weighted by molar-refractivity contribution is 0.0959. The Balaban J connectivity index is 1.47. The summed E-state index contributed by atoms with van der Waals surface area (Å²) in [6, 6.07) is 1.40. The van der Waals surface area contributed by atoms with Crippen LogP contribution in [0.3, 0.4) is 0 Å². The predicted octanol–water partition coefficient (Wildman–Crippen LogP) is 2.57. The molecule has 112 valence electrons. The van der Waals surface area contributed by atoms with Crippen LogP contribution >= 0.6 is 0 Å². The van der Waals surface area contributed by atoms with Crippen LogP contribution in [0.2, 0.25) is 0 Å². The summed E-state index contributed by atoms with van der Waals surface area (Å²) < 4.78 is 2.36. The zero-order valence-corrected chi connectivity index (χ0v) is 13.1. The summed E-state index contributed by atoms with van der Waals surface area (Å²) >= 11 is 0. The van der Waals surface area contributed by atoms with Crippen molar-refractivity contribution in [3.05, 3.63) is 18.2 Å². The van der Waals surface area contributed by atoms with Crippen LogP contribution in [0.15, 0.2) is 12.5 Å². The molecule has 4 nitrogen and oxygen atoms in total. The van der Waals surface area contributed by atoms with Crippen molar-refractivity contribution in [3.63, 3.8) is 0 Å². The van der Waals surface area contributed by atoms with Crippen molar-refractivity contribution in [2.24, 2.45) is 0 Å². The van der Waals surface area contributed by atoms with Crippen molar-refractivity contribution >= 4 is 0 Å². The highest BCUT2D eigenvalue weighted by atomic mass is 15.2. The maximum atomic E-state index is 4.31. The largest absolute Gasteiger partial charge is 0.330 e. The lowest BCUT2D eigenvalue weighted by atomic mass is 9.98. The van der Waals surface area contributed by atoms with E-state index in [9.17, 15) is 0 Å². The Morgan fingerprint density at radius 2 is 1.90 bits per heavy atom. The van der Waals surface area contributed by atoms with Crippen LogP contribution in [0.25, 0.3) is 0 Å². The maximum Gasteiger partial charge on any atom is 0.0951 e. The van der Waals surface area contributed by atoms with Crippen LogP contribution in [0.1, 0.15) is 58.2 Å². The highest BCUT2D eigenvalue weighted by Crippen LogP contribution is 2.35. The molecule has 1 aromatic rings. The maximum absolute atomic E-state index is 4.31. The molecule has 2 aliphatic rings. The number of nitrogens with zero attached hydrogens (tertiary/aromatic N) is 3. The average Bonchev–Trinajstić information content (AvgIpc) is 3.15. The molecule has 1 aliphatic carbocycles. The SMILES string of the molecule is CC(C)(C)N1CCC(NCc2cncn2C2CC2)CC1. The minimum atomic E-state index is 0.315. The van der Waals surface area contributed by atoms with Gasteiger partial charge in [-0.25, -0.2) is 4.98 Å². The Kier molecular flexibility index (Phi) is 3.87. The highest BCUT2D eigenvalue weighted by Gasteiger charge is 2.28. The van der Waals surface area contributed by atoms with Gasteiger partial charge in [-0.15, -0.1) is 0 Å². The molecule has 0 unspecified atom stereocenters. The quantitative estimate of drug-likeness (QED) is 0.917. The molecular weight excluding hydrogens is 248 g/mol. The molecule has 0 bridgehead atoms. The van der Waals surface area contributed by atoms with E-state index < -0.39 is 0 Å². The summed E-state index contributed by atoms with van der Waals surface area (Å²) in [6.07, 6.45) is 9.19. The van der Waals surface area contributed by atoms with E-state index in [0.717, 1.165) is 12.6 Å². The van der Waals surface area contributed by atoms with Crippen molar-refractivity contribution < 1.29 is 0 Å². The van der Waals surface area contributed by atoms with Gasteiger partial charge in [0.2, 0.25) is 0 Å². The van der Waals surface area contributed by atoms with Crippen LogP contribution < -0.4 is 5.32 Å². The second-order valence-corrected chi connectivity index (χ2v) is 7.34. The van der Waals surface area contributed by atoms with Gasteiger partial charge in [-0.3, -0.25) is 4.90 Å². The van der Waals surface area contributed by atoms with E-state index >= 15 is 0 Å². The Hall–Kier alpha value is -0.870. The van der Waals surface area contributed by atoms with Gasteiger partial charge in [-0.05, 0) is 46.5 Å². The van der Waals surface area contributed by atoms with Crippen molar-refractivity contribution in [2.45, 2.75) is 70.6 Å². The van der Waals surface area contributed by atoms with E-state index in [4.69, 9.17) is 0 Å². The van der Waals surface area contributed by atoms with Gasteiger partial charge in [0, 0.05) is 43.5 Å². The van der Waals surface area contributed by atoms with Gasteiger partial charge >= 0.3 is 0 Å². The van der Waals surface area contributed by atoms with E-state index in [1.165, 1.54) is 44.5 Å². The number of aromatic nitrogens is 2. The first kappa shape index (κ1) is 14.1. The van der Waals surface area contributed by atoms with Gasteiger partial charge in [0.05, 0.1) is 12.0 Å². The third-order valence-corrected chi connectivity index (χ3v) is 4.70. The lowest BCUT2D eigenvalue weighted by Gasteiger charge is -2.41. The summed E-state index contributed by atoms with van der Waals surface area (Å²) in [4.78, 5) is 6.90. The van der Waals surface area contributed by atoms with Crippen molar-refractivity contribution in [3.8, 4) is 0 Å². The topological polar surface area (TPSA) is 33.1 Å². The minimum absolute atomic E-state index is 0.315. The summed E-state index contributed by atoms with van der Waals surface area (Å²) in [6.45, 7) is 10.3. The highest BCUT2D eigenvalue weighted by molar-refractivity contribution is 5.03. The fourth-order valence-corrected chi connectivity index (χ4v) is 3.15. The second-order valence-electron chi connectivity index (χ2n) is 7.34. The number of likely N-dealkylation sites (tertiary alicyclic amines) is 1. The van der Waals surface area contributed by atoms with Crippen molar-refractivity contribution in [2.75, 3.05) is 13.1 Å². The fraction of sp³-hybridized carbons (Fsp3) is 0.812. The van der Waals surface area contributed by atoms with Crippen LogP contribution in [-0.4, -0.2) is 39.1 Å². The van der Waals surface area contributed by atoms with Crippen molar-refractivity contribution in [1.82, 2.24) is 19.8 Å². The minimum Gasteiger partial charge on any atom is -0.330 e. The monoisotopic (exact) mass is 276 g/mol. The van der Waals surface area contributed by atoms with E-state index in [1.807, 2.05) is 12.5 Å². The summed E-state index contributed by atoms with van der Waals surface area (Å²) in [5.74, 6) is 0. The molecule has 0 radical (unpaired) electrons. The molecule has 3 rings (SSSR count). The second kappa shape index (κ2) is 5.49. The summed E-state index contributed by atoms with van der Waals surface area (Å²) in [5, 5.41) is 3.73. The molecule has 4 heteroatoms. The molecule has 0 spiro atoms. The summed E-state index contributed by atoms with van der Waals surface area (Å²) in [5.41, 5.74) is 1.67. The molecule has 0 amide bonds. The molecule has 2 fully saturated rings. The smallest absolute Gasteiger partial charge is 0.0951 e. The first-order chi connectivity index (χ1) is 9.54. The van der Waals surface area contributed by atoms with Crippen LogP contribution in [0, 0.1) is 0 Å². The van der Waals surface area contributed by atoms with Gasteiger partial charge in [0.1, 0.15) is 0 Å². The van der Waals surface area contributed by atoms with Crippen LogP contribution in [-0.2, 0) is 6.54 Å². The number of rotatable bonds is 4. The van der Waals surface area contributed by atoms with E-state index in [0.29, 0.717) is 11.6 Å². The summed E-state index contributed by atoms with van der Waals surface area (Å²) in [7, 11) is 0. The number of hydrogen-bond acceptors (Lipinski definition) is 3. The van der Waals surface area contributed by atoms with Gasteiger partial charge in [0.15, 0.2) is 0 Å². The average molecular weight is 276 g/mol. The fourth-order valence-electron chi connectivity index (χ4n) is 3.15. The number of hydrogen-bond donors (Lipinski definition) is 1. The molecule has 1 aliphatic heterocycles. The standard InChI is InChI=1S/C16H28N4/c1-16(2,3)19-8-6-13(7-9-19)18-11-15-10-17-12-20(15)14-4-5-14/h10,12-14,18H,4-9,11H2,1-3H3. The first-order valence-corrected chi connectivity index (χ1v) is 8.03. The zero-order chi connectivity index (χ0) is 14.2. The Morgan fingerprint density at radius 3 is 2.50 bits per heavy atom. The molecule has 1 N–H and O–H groups in total. The Labute approximate surface area is 122 Å². The molecule has 20 heavy (non-hydrogen) atoms. The van der Waals surface area contributed by atoms with E-state index in [2.05, 4.69) is 40.5 Å². The van der Waals surface area contributed by atoms with Crippen LogP contribution in [0.4, 0.5) is 0 Å². The number of piperidine rings is 1. The van der Waals surface area contributed by atoms with Gasteiger partial charge in [-0.2, -0.15) is 0 Å². The van der Waals surface area contributed by atoms with Crippen LogP contribution in [0.5, 0.6) is 0 Å². The third-order valence-electron chi connectivity index (χ3n) is 4.70. The lowest BCUT2D eigenvalue weighted by Crippen LogP contribution is -2.49. The zero-order valence-electron chi connectivity index (χ0n) is 13.1. The molecule has 0 atom stereocenters. The number of imidazole rings is 1. The number of nitrogens with one attached hydrogen (secondary N) is 1. The molecule has 1 saturated heterocycles. The Bertz CT molecular complexity index is 434. The first-order valence-electron chi connectivity index (χ1n) is 8.03. The Morgan fingerprint density at radius 1 is 1.20 bits per heavy atom. The molecule has 0 aromatic carbocycles. The molecule has 2 heterocycles. The molecular formula is C16H28N4.